The molecule has 1 aliphatic rings. The molecule has 0 bridgehead atoms. The Hall–Kier alpha value is -1.43. The van der Waals surface area contributed by atoms with Crippen LogP contribution in [0, 0.1) is 11.6 Å². The second kappa shape index (κ2) is 6.83. The molecule has 0 unspecified atom stereocenters. The lowest BCUT2D eigenvalue weighted by atomic mass is 10.1. The van der Waals surface area contributed by atoms with E-state index in [1.54, 1.807) is 7.11 Å². The molecule has 2 heterocycles. The van der Waals surface area contributed by atoms with Gasteiger partial charge in [0, 0.05) is 32.8 Å². The summed E-state index contributed by atoms with van der Waals surface area (Å²) in [7, 11) is 1.68. The van der Waals surface area contributed by atoms with Crippen LogP contribution in [0.3, 0.4) is 0 Å². The number of aromatic nitrogens is 1. The Bertz CT molecular complexity index is 448. The van der Waals surface area contributed by atoms with Crippen LogP contribution in [0.4, 0.5) is 20.4 Å². The van der Waals surface area contributed by atoms with E-state index in [4.69, 9.17) is 4.74 Å². The maximum atomic E-state index is 13.9. The lowest BCUT2D eigenvalue weighted by molar-refractivity contribution is 0.0816. The van der Waals surface area contributed by atoms with Crippen molar-refractivity contribution < 1.29 is 13.5 Å². The number of rotatable bonds is 5. The SMILES string of the molecule is CCCNc1nc(N2CCC(OC)CC2)c(F)cc1F. The number of hydrogen-bond donors (Lipinski definition) is 1. The third-order valence-corrected chi connectivity index (χ3v) is 3.53. The minimum atomic E-state index is -0.647. The van der Waals surface area contributed by atoms with E-state index in [9.17, 15) is 8.78 Å². The zero-order valence-corrected chi connectivity index (χ0v) is 12.0. The van der Waals surface area contributed by atoms with Crippen LogP contribution < -0.4 is 10.2 Å². The average Bonchev–Trinajstić information content (AvgIpc) is 2.47. The van der Waals surface area contributed by atoms with E-state index in [2.05, 4.69) is 10.3 Å². The molecule has 1 fully saturated rings. The summed E-state index contributed by atoms with van der Waals surface area (Å²) in [4.78, 5) is 5.96. The highest BCUT2D eigenvalue weighted by Gasteiger charge is 2.23. The van der Waals surface area contributed by atoms with Crippen LogP contribution in [-0.2, 0) is 4.74 Å². The topological polar surface area (TPSA) is 37.4 Å². The summed E-state index contributed by atoms with van der Waals surface area (Å²) in [5.41, 5.74) is 0. The van der Waals surface area contributed by atoms with Gasteiger partial charge in [0.2, 0.25) is 0 Å². The van der Waals surface area contributed by atoms with Crippen LogP contribution in [-0.4, -0.2) is 37.8 Å². The molecule has 0 atom stereocenters. The van der Waals surface area contributed by atoms with Crippen LogP contribution in [0.25, 0.3) is 0 Å². The van der Waals surface area contributed by atoms with Gasteiger partial charge in [0.1, 0.15) is 0 Å². The van der Waals surface area contributed by atoms with E-state index < -0.39 is 11.6 Å². The lowest BCUT2D eigenvalue weighted by Gasteiger charge is -2.32. The first-order valence-electron chi connectivity index (χ1n) is 7.03. The van der Waals surface area contributed by atoms with E-state index in [0.717, 1.165) is 25.3 Å². The maximum absolute atomic E-state index is 13.9. The van der Waals surface area contributed by atoms with Crippen molar-refractivity contribution in [3.05, 3.63) is 17.7 Å². The van der Waals surface area contributed by atoms with Gasteiger partial charge in [-0.25, -0.2) is 13.8 Å². The van der Waals surface area contributed by atoms with Gasteiger partial charge < -0.3 is 15.0 Å². The number of nitrogens with one attached hydrogen (secondary N) is 1. The van der Waals surface area contributed by atoms with Crippen molar-refractivity contribution in [2.45, 2.75) is 32.3 Å². The maximum Gasteiger partial charge on any atom is 0.168 e. The van der Waals surface area contributed by atoms with E-state index in [0.29, 0.717) is 19.6 Å². The Morgan fingerprint density at radius 3 is 2.65 bits per heavy atom. The van der Waals surface area contributed by atoms with Crippen molar-refractivity contribution in [1.29, 1.82) is 0 Å². The Labute approximate surface area is 118 Å². The first-order valence-corrected chi connectivity index (χ1v) is 7.03. The first kappa shape index (κ1) is 15.0. The Kier molecular flexibility index (Phi) is 5.11. The summed E-state index contributed by atoms with van der Waals surface area (Å²) in [6.07, 6.45) is 2.72. The zero-order chi connectivity index (χ0) is 14.5. The Balaban J connectivity index is 2.14. The normalized spacial score (nSPS) is 16.5. The Morgan fingerprint density at radius 1 is 1.35 bits per heavy atom. The number of methoxy groups -OCH3 is 1. The molecule has 1 aromatic heterocycles. The molecule has 4 nitrogen and oxygen atoms in total. The minimum Gasteiger partial charge on any atom is -0.381 e. The standard InChI is InChI=1S/C14H21F2N3O/c1-3-6-17-13-11(15)9-12(16)14(18-13)19-7-4-10(20-2)5-8-19/h9-10H,3-8H2,1-2H3,(H,17,18). The van der Waals surface area contributed by atoms with Crippen molar-refractivity contribution in [1.82, 2.24) is 4.98 Å². The molecule has 1 N–H and O–H groups in total. The Morgan fingerprint density at radius 2 is 2.05 bits per heavy atom. The van der Waals surface area contributed by atoms with Gasteiger partial charge in [-0.2, -0.15) is 0 Å². The number of halogens is 2. The molecule has 0 amide bonds. The number of hydrogen-bond acceptors (Lipinski definition) is 4. The molecular weight excluding hydrogens is 264 g/mol. The second-order valence-corrected chi connectivity index (χ2v) is 4.97. The van der Waals surface area contributed by atoms with Gasteiger partial charge in [0.25, 0.3) is 0 Å². The van der Waals surface area contributed by atoms with Gasteiger partial charge in [-0.15, -0.1) is 0 Å². The van der Waals surface area contributed by atoms with Crippen LogP contribution in [0.15, 0.2) is 6.07 Å². The highest BCUT2D eigenvalue weighted by Crippen LogP contribution is 2.25. The summed E-state index contributed by atoms with van der Waals surface area (Å²) >= 11 is 0. The van der Waals surface area contributed by atoms with Crippen LogP contribution >= 0.6 is 0 Å². The minimum absolute atomic E-state index is 0.122. The smallest absolute Gasteiger partial charge is 0.168 e. The summed E-state index contributed by atoms with van der Waals surface area (Å²) < 4.78 is 32.8. The highest BCUT2D eigenvalue weighted by atomic mass is 19.1. The van der Waals surface area contributed by atoms with Crippen LogP contribution in [0.2, 0.25) is 0 Å². The van der Waals surface area contributed by atoms with E-state index in [1.165, 1.54) is 0 Å². The molecule has 20 heavy (non-hydrogen) atoms. The number of piperidine rings is 1. The molecule has 0 aliphatic carbocycles. The van der Waals surface area contributed by atoms with Crippen LogP contribution in [0.5, 0.6) is 0 Å². The molecule has 0 radical (unpaired) electrons. The predicted molar refractivity (Wildman–Crippen MR) is 75.2 cm³/mol. The monoisotopic (exact) mass is 285 g/mol. The molecule has 1 aromatic rings. The number of nitrogens with zero attached hydrogens (tertiary/aromatic N) is 2. The molecule has 0 saturated carbocycles. The molecule has 112 valence electrons. The van der Waals surface area contributed by atoms with Gasteiger partial charge in [0.05, 0.1) is 6.10 Å². The number of anilines is 2. The predicted octanol–water partition coefficient (Wildman–Crippen LogP) is 2.80. The summed E-state index contributed by atoms with van der Waals surface area (Å²) in [5.74, 6) is -0.913. The van der Waals surface area contributed by atoms with Crippen molar-refractivity contribution in [3.8, 4) is 0 Å². The first-order chi connectivity index (χ1) is 9.65. The van der Waals surface area contributed by atoms with Crippen molar-refractivity contribution in [2.24, 2.45) is 0 Å². The largest absolute Gasteiger partial charge is 0.381 e. The number of pyridine rings is 1. The van der Waals surface area contributed by atoms with Gasteiger partial charge in [0.15, 0.2) is 23.3 Å². The second-order valence-electron chi connectivity index (χ2n) is 4.97. The molecule has 1 aliphatic heterocycles. The molecule has 0 aromatic carbocycles. The molecule has 6 heteroatoms. The van der Waals surface area contributed by atoms with Gasteiger partial charge in [-0.05, 0) is 19.3 Å². The fourth-order valence-corrected chi connectivity index (χ4v) is 2.35. The van der Waals surface area contributed by atoms with Crippen LogP contribution in [0.1, 0.15) is 26.2 Å². The number of ether oxygens (including phenoxy) is 1. The van der Waals surface area contributed by atoms with Gasteiger partial charge in [-0.3, -0.25) is 0 Å². The van der Waals surface area contributed by atoms with Gasteiger partial charge >= 0.3 is 0 Å². The quantitative estimate of drug-likeness (QED) is 0.902. The fraction of sp³-hybridized carbons (Fsp3) is 0.643. The van der Waals surface area contributed by atoms with Crippen molar-refractivity contribution in [2.75, 3.05) is 37.0 Å². The van der Waals surface area contributed by atoms with Crippen molar-refractivity contribution >= 4 is 11.6 Å². The zero-order valence-electron chi connectivity index (χ0n) is 12.0. The fourth-order valence-electron chi connectivity index (χ4n) is 2.35. The highest BCUT2D eigenvalue weighted by molar-refractivity contribution is 5.49. The molecule has 1 saturated heterocycles. The lowest BCUT2D eigenvalue weighted by Crippen LogP contribution is -2.37. The van der Waals surface area contributed by atoms with Gasteiger partial charge in [-0.1, -0.05) is 6.92 Å². The molecule has 0 spiro atoms. The van der Waals surface area contributed by atoms with E-state index in [-0.39, 0.29) is 17.7 Å². The summed E-state index contributed by atoms with van der Waals surface area (Å²) in [5, 5.41) is 2.89. The average molecular weight is 285 g/mol. The third-order valence-electron chi connectivity index (χ3n) is 3.53. The summed E-state index contributed by atoms with van der Waals surface area (Å²) in [6.45, 7) is 3.92. The summed E-state index contributed by atoms with van der Waals surface area (Å²) in [6, 6.07) is 0.905. The van der Waals surface area contributed by atoms with Crippen molar-refractivity contribution in [3.63, 3.8) is 0 Å². The third kappa shape index (κ3) is 3.36. The molecule has 2 rings (SSSR count). The van der Waals surface area contributed by atoms with E-state index >= 15 is 0 Å². The van der Waals surface area contributed by atoms with E-state index in [1.807, 2.05) is 11.8 Å². The molecular formula is C14H21F2N3O.